The van der Waals surface area contributed by atoms with Crippen molar-refractivity contribution in [1.29, 1.82) is 0 Å². The summed E-state index contributed by atoms with van der Waals surface area (Å²) in [6, 6.07) is 23.3. The van der Waals surface area contributed by atoms with Crippen LogP contribution in [0.5, 0.6) is 11.5 Å². The van der Waals surface area contributed by atoms with Gasteiger partial charge in [0, 0.05) is 11.1 Å². The van der Waals surface area contributed by atoms with Crippen LogP contribution < -0.4 is 4.74 Å². The second-order valence-electron chi connectivity index (χ2n) is 6.71. The number of nitrogens with zero attached hydrogens (tertiary/aromatic N) is 1. The molecule has 0 atom stereocenters. The Balaban J connectivity index is 1.75. The molecule has 0 aliphatic heterocycles. The van der Waals surface area contributed by atoms with Gasteiger partial charge in [-0.2, -0.15) is 0 Å². The predicted octanol–water partition coefficient (Wildman–Crippen LogP) is 5.91. The maximum atomic E-state index is 10.1. The summed E-state index contributed by atoms with van der Waals surface area (Å²) in [5.41, 5.74) is 5.27. The van der Waals surface area contributed by atoms with Crippen LogP contribution in [-0.4, -0.2) is 10.3 Å². The lowest BCUT2D eigenvalue weighted by Gasteiger charge is -2.09. The van der Waals surface area contributed by atoms with Crippen molar-refractivity contribution in [3.05, 3.63) is 89.5 Å². The number of benzene rings is 3. The molecule has 4 heteroatoms. The largest absolute Gasteiger partial charge is 0.457 e. The number of para-hydroxylation sites is 1. The third-order valence-corrected chi connectivity index (χ3v) is 4.74. The van der Waals surface area contributed by atoms with Crippen LogP contribution in [0.15, 0.2) is 77.3 Å². The molecule has 0 radical (unpaired) electrons. The van der Waals surface area contributed by atoms with Gasteiger partial charge in [-0.1, -0.05) is 53.7 Å². The first kappa shape index (κ1) is 18.0. The van der Waals surface area contributed by atoms with Gasteiger partial charge in [0.15, 0.2) is 5.76 Å². The maximum Gasteiger partial charge on any atom is 0.173 e. The molecule has 0 spiro atoms. The molecule has 4 rings (SSSR count). The van der Waals surface area contributed by atoms with E-state index >= 15 is 0 Å². The first-order chi connectivity index (χ1) is 13.7. The van der Waals surface area contributed by atoms with E-state index in [1.165, 1.54) is 0 Å². The molecular formula is C24H21NO3. The Morgan fingerprint density at radius 2 is 1.54 bits per heavy atom. The normalized spacial score (nSPS) is 10.8. The van der Waals surface area contributed by atoms with E-state index in [1.807, 2.05) is 86.6 Å². The third-order valence-electron chi connectivity index (χ3n) is 4.74. The fourth-order valence-electron chi connectivity index (χ4n) is 3.38. The number of aliphatic hydroxyl groups excluding tert-OH is 1. The van der Waals surface area contributed by atoms with Gasteiger partial charge in [0.05, 0.1) is 12.2 Å². The Morgan fingerprint density at radius 1 is 0.857 bits per heavy atom. The van der Waals surface area contributed by atoms with Crippen molar-refractivity contribution in [2.45, 2.75) is 20.5 Å². The summed E-state index contributed by atoms with van der Waals surface area (Å²) in [5.74, 6) is 2.07. The van der Waals surface area contributed by atoms with Crippen molar-refractivity contribution in [1.82, 2.24) is 5.16 Å². The van der Waals surface area contributed by atoms with Gasteiger partial charge in [-0.05, 0) is 49.2 Å². The van der Waals surface area contributed by atoms with Crippen LogP contribution in [0, 0.1) is 13.8 Å². The lowest BCUT2D eigenvalue weighted by Crippen LogP contribution is -1.93. The highest BCUT2D eigenvalue weighted by molar-refractivity contribution is 5.76. The quantitative estimate of drug-likeness (QED) is 0.474. The minimum Gasteiger partial charge on any atom is -0.457 e. The summed E-state index contributed by atoms with van der Waals surface area (Å²) < 4.78 is 11.6. The molecule has 3 aromatic carbocycles. The molecule has 0 unspecified atom stereocenters. The molecule has 0 fully saturated rings. The number of aryl methyl sites for hydroxylation is 2. The molecule has 140 valence electrons. The Kier molecular flexibility index (Phi) is 4.96. The Bertz CT molecular complexity index is 1080. The van der Waals surface area contributed by atoms with E-state index < -0.39 is 0 Å². The standard InChI is InChI=1S/C24H21NO3/c1-16-8-6-9-17(2)22(16)24-21(15-26)23(25-28-24)18-10-7-13-20(14-18)27-19-11-4-3-5-12-19/h3-14,26H,15H2,1-2H3. The van der Waals surface area contributed by atoms with Crippen LogP contribution in [0.1, 0.15) is 16.7 Å². The zero-order chi connectivity index (χ0) is 19.5. The number of rotatable bonds is 5. The topological polar surface area (TPSA) is 55.5 Å². The van der Waals surface area contributed by atoms with E-state index in [2.05, 4.69) is 5.16 Å². The van der Waals surface area contributed by atoms with E-state index in [1.54, 1.807) is 0 Å². The van der Waals surface area contributed by atoms with Crippen molar-refractivity contribution in [3.63, 3.8) is 0 Å². The van der Waals surface area contributed by atoms with E-state index in [0.29, 0.717) is 22.8 Å². The van der Waals surface area contributed by atoms with Gasteiger partial charge in [0.1, 0.15) is 17.2 Å². The number of hydrogen-bond acceptors (Lipinski definition) is 4. The maximum absolute atomic E-state index is 10.1. The molecule has 28 heavy (non-hydrogen) atoms. The Morgan fingerprint density at radius 3 is 2.25 bits per heavy atom. The molecule has 0 bridgehead atoms. The molecule has 1 N–H and O–H groups in total. The van der Waals surface area contributed by atoms with Crippen LogP contribution in [0.4, 0.5) is 0 Å². The van der Waals surface area contributed by atoms with E-state index in [9.17, 15) is 5.11 Å². The van der Waals surface area contributed by atoms with Gasteiger partial charge in [-0.3, -0.25) is 0 Å². The number of ether oxygens (including phenoxy) is 1. The van der Waals surface area contributed by atoms with Gasteiger partial charge < -0.3 is 14.4 Å². The smallest absolute Gasteiger partial charge is 0.173 e. The van der Waals surface area contributed by atoms with Crippen LogP contribution in [0.2, 0.25) is 0 Å². The molecular weight excluding hydrogens is 350 g/mol. The van der Waals surface area contributed by atoms with Gasteiger partial charge >= 0.3 is 0 Å². The molecule has 0 saturated carbocycles. The predicted molar refractivity (Wildman–Crippen MR) is 109 cm³/mol. The fourth-order valence-corrected chi connectivity index (χ4v) is 3.38. The van der Waals surface area contributed by atoms with Crippen LogP contribution in [0.25, 0.3) is 22.6 Å². The average molecular weight is 371 g/mol. The summed E-state index contributed by atoms with van der Waals surface area (Å²) in [5, 5.41) is 14.3. The zero-order valence-corrected chi connectivity index (χ0v) is 15.8. The summed E-state index contributed by atoms with van der Waals surface area (Å²) in [4.78, 5) is 0. The molecule has 0 aliphatic rings. The van der Waals surface area contributed by atoms with E-state index in [-0.39, 0.29) is 6.61 Å². The fraction of sp³-hybridized carbons (Fsp3) is 0.125. The second-order valence-corrected chi connectivity index (χ2v) is 6.71. The van der Waals surface area contributed by atoms with Gasteiger partial charge in [0.25, 0.3) is 0 Å². The summed E-state index contributed by atoms with van der Waals surface area (Å²) in [7, 11) is 0. The molecule has 1 aromatic heterocycles. The van der Waals surface area contributed by atoms with Crippen LogP contribution >= 0.6 is 0 Å². The molecule has 4 nitrogen and oxygen atoms in total. The van der Waals surface area contributed by atoms with Crippen molar-refractivity contribution in [3.8, 4) is 34.1 Å². The highest BCUT2D eigenvalue weighted by Crippen LogP contribution is 2.36. The zero-order valence-electron chi connectivity index (χ0n) is 15.8. The second kappa shape index (κ2) is 7.71. The number of aliphatic hydroxyl groups is 1. The average Bonchev–Trinajstić information content (AvgIpc) is 3.12. The van der Waals surface area contributed by atoms with Crippen LogP contribution in [0.3, 0.4) is 0 Å². The van der Waals surface area contributed by atoms with Crippen LogP contribution in [-0.2, 0) is 6.61 Å². The first-order valence-corrected chi connectivity index (χ1v) is 9.16. The number of aromatic nitrogens is 1. The molecule has 0 amide bonds. The lowest BCUT2D eigenvalue weighted by atomic mass is 9.96. The van der Waals surface area contributed by atoms with Crippen molar-refractivity contribution in [2.24, 2.45) is 0 Å². The molecule has 0 saturated heterocycles. The molecule has 4 aromatic rings. The van der Waals surface area contributed by atoms with E-state index in [4.69, 9.17) is 9.26 Å². The Hall–Kier alpha value is -3.37. The Labute approximate surface area is 164 Å². The van der Waals surface area contributed by atoms with Gasteiger partial charge in [0.2, 0.25) is 0 Å². The third kappa shape index (κ3) is 3.42. The summed E-state index contributed by atoms with van der Waals surface area (Å²) in [6.45, 7) is 3.89. The van der Waals surface area contributed by atoms with Gasteiger partial charge in [-0.25, -0.2) is 0 Å². The van der Waals surface area contributed by atoms with Gasteiger partial charge in [-0.15, -0.1) is 0 Å². The van der Waals surface area contributed by atoms with E-state index in [0.717, 1.165) is 28.0 Å². The minimum atomic E-state index is -0.161. The van der Waals surface area contributed by atoms with Crippen molar-refractivity contribution in [2.75, 3.05) is 0 Å². The lowest BCUT2D eigenvalue weighted by molar-refractivity contribution is 0.281. The first-order valence-electron chi connectivity index (χ1n) is 9.16. The SMILES string of the molecule is Cc1cccc(C)c1-c1onc(-c2cccc(Oc3ccccc3)c2)c1CO. The monoisotopic (exact) mass is 371 g/mol. The molecule has 1 heterocycles. The highest BCUT2D eigenvalue weighted by atomic mass is 16.5. The molecule has 0 aliphatic carbocycles. The highest BCUT2D eigenvalue weighted by Gasteiger charge is 2.21. The number of hydrogen-bond donors (Lipinski definition) is 1. The summed E-state index contributed by atoms with van der Waals surface area (Å²) in [6.07, 6.45) is 0. The van der Waals surface area contributed by atoms with Crippen molar-refractivity contribution >= 4 is 0 Å². The van der Waals surface area contributed by atoms with Crippen molar-refractivity contribution < 1.29 is 14.4 Å². The summed E-state index contributed by atoms with van der Waals surface area (Å²) >= 11 is 0. The minimum absolute atomic E-state index is 0.161.